The van der Waals surface area contributed by atoms with Gasteiger partial charge in [0.2, 0.25) is 0 Å². The van der Waals surface area contributed by atoms with Crippen LogP contribution in [0, 0.1) is 13.8 Å². The van der Waals surface area contributed by atoms with Gasteiger partial charge in [-0.25, -0.2) is 9.36 Å². The molecule has 0 saturated carbocycles. The van der Waals surface area contributed by atoms with E-state index in [0.717, 1.165) is 5.56 Å². The molecule has 110 valence electrons. The number of thioether (sulfide) groups is 1. The largest absolute Gasteiger partial charge is 0.440 e. The lowest BCUT2D eigenvalue weighted by atomic mass is 10.1. The van der Waals surface area contributed by atoms with Crippen molar-refractivity contribution in [1.82, 2.24) is 14.8 Å². The highest BCUT2D eigenvalue weighted by molar-refractivity contribution is 7.98. The van der Waals surface area contributed by atoms with Gasteiger partial charge in [-0.2, -0.15) is 0 Å². The molecule has 0 N–H and O–H groups in total. The van der Waals surface area contributed by atoms with E-state index in [1.807, 2.05) is 13.0 Å². The van der Waals surface area contributed by atoms with Crippen LogP contribution in [0.4, 0.5) is 0 Å². The molecule has 0 amide bonds. The number of rotatable bonds is 4. The van der Waals surface area contributed by atoms with Crippen LogP contribution in [0.25, 0.3) is 0 Å². The molecule has 0 saturated heterocycles. The fraction of sp³-hybridized carbons (Fsp3) is 0.286. The summed E-state index contributed by atoms with van der Waals surface area (Å²) in [6.07, 6.45) is 1.78. The zero-order valence-corrected chi connectivity index (χ0v) is 12.8. The van der Waals surface area contributed by atoms with Gasteiger partial charge in [-0.05, 0) is 32.2 Å². The van der Waals surface area contributed by atoms with E-state index >= 15 is 0 Å². The molecular weight excluding hydrogens is 290 g/mol. The highest BCUT2D eigenvalue weighted by Crippen LogP contribution is 2.10. The first kappa shape index (κ1) is 15.2. The van der Waals surface area contributed by atoms with Crippen molar-refractivity contribution in [1.29, 1.82) is 0 Å². The van der Waals surface area contributed by atoms with Gasteiger partial charge >= 0.3 is 5.97 Å². The smallest absolute Gasteiger partial charge is 0.339 e. The second kappa shape index (κ2) is 6.53. The van der Waals surface area contributed by atoms with E-state index in [0.29, 0.717) is 10.7 Å². The van der Waals surface area contributed by atoms with Gasteiger partial charge in [0.15, 0.2) is 11.9 Å². The van der Waals surface area contributed by atoms with E-state index in [9.17, 15) is 9.59 Å². The highest BCUT2D eigenvalue weighted by Gasteiger charge is 2.12. The number of carbonyl (C=O) groups excluding carboxylic acids is 1. The molecule has 0 fully saturated rings. The van der Waals surface area contributed by atoms with Crippen molar-refractivity contribution in [2.45, 2.75) is 25.7 Å². The quantitative estimate of drug-likeness (QED) is 0.633. The Kier molecular flexibility index (Phi) is 4.74. The molecule has 0 radical (unpaired) electrons. The fourth-order valence-electron chi connectivity index (χ4n) is 1.74. The summed E-state index contributed by atoms with van der Waals surface area (Å²) in [7, 11) is 0. The van der Waals surface area contributed by atoms with Crippen LogP contribution < -0.4 is 5.56 Å². The number of carbonyl (C=O) groups is 1. The van der Waals surface area contributed by atoms with Crippen molar-refractivity contribution < 1.29 is 9.53 Å². The third kappa shape index (κ3) is 3.49. The molecule has 1 heterocycles. The number of nitrogens with zero attached hydrogens (tertiary/aromatic N) is 3. The van der Waals surface area contributed by atoms with Gasteiger partial charge in [-0.1, -0.05) is 29.5 Å². The molecule has 21 heavy (non-hydrogen) atoms. The standard InChI is InChI=1S/C14H15N3O3S/c1-9-5-4-6-11(7-9)13(19)20-8-17-12(18)10(2)15-16-14(17)21-3/h4-7H,8H2,1-3H3. The van der Waals surface area contributed by atoms with E-state index in [1.54, 1.807) is 31.4 Å². The molecule has 0 aliphatic carbocycles. The maximum Gasteiger partial charge on any atom is 0.339 e. The average Bonchev–Trinajstić information content (AvgIpc) is 2.48. The Morgan fingerprint density at radius 1 is 1.33 bits per heavy atom. The van der Waals surface area contributed by atoms with E-state index in [-0.39, 0.29) is 18.0 Å². The van der Waals surface area contributed by atoms with Gasteiger partial charge < -0.3 is 4.74 Å². The Morgan fingerprint density at radius 3 is 2.76 bits per heavy atom. The number of hydrogen-bond acceptors (Lipinski definition) is 6. The van der Waals surface area contributed by atoms with Crippen molar-refractivity contribution in [3.05, 3.63) is 51.4 Å². The summed E-state index contributed by atoms with van der Waals surface area (Å²) in [6, 6.07) is 7.08. The average molecular weight is 305 g/mol. The van der Waals surface area contributed by atoms with Crippen LogP contribution in [0.15, 0.2) is 34.2 Å². The van der Waals surface area contributed by atoms with Gasteiger partial charge in [0.25, 0.3) is 5.56 Å². The minimum Gasteiger partial charge on any atom is -0.440 e. The molecular formula is C14H15N3O3S. The van der Waals surface area contributed by atoms with Gasteiger partial charge in [0.05, 0.1) is 5.56 Å². The van der Waals surface area contributed by atoms with Gasteiger partial charge in [-0.15, -0.1) is 10.2 Å². The molecule has 7 heteroatoms. The van der Waals surface area contributed by atoms with E-state index in [1.165, 1.54) is 16.3 Å². The second-order valence-electron chi connectivity index (χ2n) is 4.44. The van der Waals surface area contributed by atoms with Crippen LogP contribution in [0.5, 0.6) is 0 Å². The molecule has 0 bridgehead atoms. The summed E-state index contributed by atoms with van der Waals surface area (Å²) in [6.45, 7) is 3.28. The Balaban J connectivity index is 2.19. The normalized spacial score (nSPS) is 10.4. The molecule has 6 nitrogen and oxygen atoms in total. The first-order chi connectivity index (χ1) is 10.0. The number of benzene rings is 1. The van der Waals surface area contributed by atoms with Crippen molar-refractivity contribution in [3.8, 4) is 0 Å². The Morgan fingerprint density at radius 2 is 2.10 bits per heavy atom. The Labute approximate surface area is 126 Å². The summed E-state index contributed by atoms with van der Waals surface area (Å²) in [4.78, 5) is 24.0. The number of esters is 1. The fourth-order valence-corrected chi connectivity index (χ4v) is 2.22. The minimum atomic E-state index is -0.480. The van der Waals surface area contributed by atoms with Crippen LogP contribution >= 0.6 is 11.8 Å². The van der Waals surface area contributed by atoms with Crippen molar-refractivity contribution >= 4 is 17.7 Å². The maximum absolute atomic E-state index is 12.0. The summed E-state index contributed by atoms with van der Waals surface area (Å²) in [5.41, 5.74) is 1.37. The number of ether oxygens (including phenoxy) is 1. The third-order valence-corrected chi connectivity index (χ3v) is 3.50. The zero-order valence-electron chi connectivity index (χ0n) is 12.0. The number of aromatic nitrogens is 3. The minimum absolute atomic E-state index is 0.182. The van der Waals surface area contributed by atoms with E-state index in [2.05, 4.69) is 10.2 Å². The lowest BCUT2D eigenvalue weighted by Gasteiger charge is -2.10. The SMILES string of the molecule is CSc1nnc(C)c(=O)n1COC(=O)c1cccc(C)c1. The van der Waals surface area contributed by atoms with E-state index in [4.69, 9.17) is 4.74 Å². The second-order valence-corrected chi connectivity index (χ2v) is 5.21. The molecule has 1 aromatic carbocycles. The van der Waals surface area contributed by atoms with Crippen LogP contribution in [-0.4, -0.2) is 27.0 Å². The molecule has 0 aliphatic rings. The lowest BCUT2D eigenvalue weighted by molar-refractivity contribution is 0.0344. The van der Waals surface area contributed by atoms with E-state index < -0.39 is 5.97 Å². The molecule has 2 aromatic rings. The van der Waals surface area contributed by atoms with Gasteiger partial charge in [-0.3, -0.25) is 4.79 Å². The Bertz CT molecular complexity index is 728. The lowest BCUT2D eigenvalue weighted by Crippen LogP contribution is -2.28. The topological polar surface area (TPSA) is 74.1 Å². The number of aryl methyl sites for hydroxylation is 2. The molecule has 0 atom stereocenters. The van der Waals surface area contributed by atoms with Crippen molar-refractivity contribution in [2.24, 2.45) is 0 Å². The van der Waals surface area contributed by atoms with Crippen molar-refractivity contribution in [2.75, 3.05) is 6.26 Å². The molecule has 0 aliphatic heterocycles. The summed E-state index contributed by atoms with van der Waals surface area (Å²) >= 11 is 1.27. The summed E-state index contributed by atoms with van der Waals surface area (Å²) in [5, 5.41) is 8.07. The monoisotopic (exact) mass is 305 g/mol. The predicted octanol–water partition coefficient (Wildman–Crippen LogP) is 1.79. The molecule has 0 unspecified atom stereocenters. The molecule has 1 aromatic heterocycles. The Hall–Kier alpha value is -2.15. The predicted molar refractivity (Wildman–Crippen MR) is 79.4 cm³/mol. The van der Waals surface area contributed by atoms with Crippen molar-refractivity contribution in [3.63, 3.8) is 0 Å². The summed E-state index contributed by atoms with van der Waals surface area (Å²) < 4.78 is 6.48. The van der Waals surface area contributed by atoms with Gasteiger partial charge in [0.1, 0.15) is 5.69 Å². The highest BCUT2D eigenvalue weighted by atomic mass is 32.2. The summed E-state index contributed by atoms with van der Waals surface area (Å²) in [5.74, 6) is -0.480. The molecule has 0 spiro atoms. The maximum atomic E-state index is 12.0. The van der Waals surface area contributed by atoms with Gasteiger partial charge in [0, 0.05) is 0 Å². The van der Waals surface area contributed by atoms with Crippen LogP contribution in [-0.2, 0) is 11.5 Å². The molecule has 2 rings (SSSR count). The first-order valence-corrected chi connectivity index (χ1v) is 7.47. The zero-order chi connectivity index (χ0) is 15.4. The third-order valence-electron chi connectivity index (χ3n) is 2.83. The van der Waals surface area contributed by atoms with Crippen LogP contribution in [0.3, 0.4) is 0 Å². The first-order valence-electron chi connectivity index (χ1n) is 6.25. The van der Waals surface area contributed by atoms with Crippen LogP contribution in [0.2, 0.25) is 0 Å². The number of hydrogen-bond donors (Lipinski definition) is 0. The van der Waals surface area contributed by atoms with Crippen LogP contribution in [0.1, 0.15) is 21.6 Å².